The van der Waals surface area contributed by atoms with Gasteiger partial charge in [-0.1, -0.05) is 120 Å². The van der Waals surface area contributed by atoms with E-state index < -0.39 is 17.6 Å². The molecule has 0 aliphatic rings. The Morgan fingerprint density at radius 2 is 1.02 bits per heavy atom. The number of hydrogen-bond donors (Lipinski definition) is 2. The molecule has 0 saturated carbocycles. The Morgan fingerprint density at radius 3 is 1.51 bits per heavy atom. The molecule has 0 bridgehead atoms. The Bertz CT molecular complexity index is 4400. The van der Waals surface area contributed by atoms with Crippen molar-refractivity contribution in [2.24, 2.45) is 0 Å². The molecular formula is C76H57F2IrN8O4OsPt2Rh-4. The zero-order valence-electron chi connectivity index (χ0n) is 50.8. The number of aromatic carboxylic acids is 1. The quantitative estimate of drug-likeness (QED) is 0.0674. The number of aliphatic hydroxyl groups is 1. The molecule has 2 N–H and O–H groups in total. The van der Waals surface area contributed by atoms with Gasteiger partial charge in [-0.25, -0.2) is 9.78 Å². The fourth-order valence-corrected chi connectivity index (χ4v) is 8.69. The maximum absolute atomic E-state index is 13.2. The molecule has 19 heteroatoms. The molecule has 0 saturated heterocycles. The van der Waals surface area contributed by atoms with Crippen LogP contribution < -0.4 is 0 Å². The molecule has 14 aromatic rings. The van der Waals surface area contributed by atoms with E-state index in [9.17, 15) is 18.4 Å². The van der Waals surface area contributed by atoms with E-state index in [1.54, 1.807) is 55.2 Å². The van der Waals surface area contributed by atoms with Crippen molar-refractivity contribution >= 4 is 38.9 Å². The van der Waals surface area contributed by atoms with E-state index in [1.807, 2.05) is 168 Å². The van der Waals surface area contributed by atoms with Gasteiger partial charge in [0.15, 0.2) is 5.78 Å². The van der Waals surface area contributed by atoms with Gasteiger partial charge in [0.05, 0.1) is 17.1 Å². The maximum Gasteiger partial charge on any atom is 1.00 e. The number of ketones is 1. The van der Waals surface area contributed by atoms with E-state index >= 15 is 0 Å². The Hall–Kier alpha value is -8.74. The molecular weight excluding hydrogens is 2000 g/mol. The van der Waals surface area contributed by atoms with E-state index in [0.717, 1.165) is 68.2 Å². The maximum atomic E-state index is 13.2. The summed E-state index contributed by atoms with van der Waals surface area (Å²) in [4.78, 5) is 45.0. The van der Waals surface area contributed by atoms with E-state index in [-0.39, 0.29) is 124 Å². The molecule has 0 amide bonds. The number of carbonyl (C=O) groups excluding carboxylic acids is 1. The zero-order chi connectivity index (χ0) is 63.3. The summed E-state index contributed by atoms with van der Waals surface area (Å²) in [5.41, 5.74) is 11.1. The number of allylic oxidation sites excluding steroid dienone is 2. The number of pyridine rings is 6. The smallest absolute Gasteiger partial charge is 0.512 e. The fraction of sp³-hybridized carbons (Fsp3) is 0.0395. The van der Waals surface area contributed by atoms with Crippen LogP contribution in [0.5, 0.6) is 0 Å². The first-order valence-electron chi connectivity index (χ1n) is 28.0. The standard InChI is InChI=1S/C17H12N3.C15H10N.C11H6F2N.2C11H8N.C6H5NO2.C5H8O2.Ir.Os.2Pt.Rh/c1-12-14-9-5-6-10-15(14)17-18-11-19-20(17)16(12)13-7-3-2-4-8-13;1-2-7-13(8-3-1)15-14-9-5-4-6-12(14)10-11-16-15;12-8-4-5-9(10(13)7-8)11-3-1-2-6-14-11;2*1-2-6-10(7-3-1)11-8-4-5-9-12-11;8-6(9)5-3-1-2-4-7-5;1-4(6)3-5(2)7;;;;;/h2-9,11H,1H3;1-7,9-11H;1-4,6-7H;2*1-6,8-9H;1-4H,(H,8,9);3,6H,1-2H3;;;;;/q5*-1;;;;+1;;;. The number of carboxylic acids is 1. The molecule has 0 unspecified atom stereocenters. The Balaban J connectivity index is 0.000000292. The first kappa shape index (κ1) is 80.5. The molecule has 95 heavy (non-hydrogen) atoms. The molecule has 0 aliphatic carbocycles. The molecule has 0 atom stereocenters. The monoisotopic (exact) mass is 2060 g/mol. The average molecular weight is 2060 g/mol. The summed E-state index contributed by atoms with van der Waals surface area (Å²) in [6, 6.07) is 89.0. The van der Waals surface area contributed by atoms with Gasteiger partial charge < -0.3 is 30.1 Å². The van der Waals surface area contributed by atoms with Crippen LogP contribution in [-0.2, 0) is 106 Å². The summed E-state index contributed by atoms with van der Waals surface area (Å²) >= 11 is 0. The van der Waals surface area contributed by atoms with Crippen LogP contribution in [0.15, 0.2) is 286 Å². The molecule has 7 aromatic carbocycles. The van der Waals surface area contributed by atoms with Gasteiger partial charge in [0.25, 0.3) is 0 Å². The number of hydrogen-bond acceptors (Lipinski definition) is 10. The zero-order valence-corrected chi connectivity index (χ0v) is 61.9. The van der Waals surface area contributed by atoms with E-state index in [2.05, 4.69) is 103 Å². The number of halogens is 2. The van der Waals surface area contributed by atoms with Gasteiger partial charge in [-0.2, -0.15) is 5.10 Å². The molecule has 7 heterocycles. The van der Waals surface area contributed by atoms with Crippen molar-refractivity contribution in [3.8, 4) is 56.3 Å². The fourth-order valence-electron chi connectivity index (χ4n) is 8.69. The minimum atomic E-state index is -0.990. The Kier molecular flexibility index (Phi) is 36.7. The van der Waals surface area contributed by atoms with Gasteiger partial charge >= 0.3 is 25.8 Å². The molecule has 12 nitrogen and oxygen atoms in total. The van der Waals surface area contributed by atoms with Crippen LogP contribution in [0.1, 0.15) is 29.9 Å². The minimum absolute atomic E-state index is 0. The number of benzene rings is 7. The second-order valence-corrected chi connectivity index (χ2v) is 19.1. The predicted octanol–water partition coefficient (Wildman–Crippen LogP) is 17.1. The summed E-state index contributed by atoms with van der Waals surface area (Å²) in [6.45, 7) is 4.97. The Morgan fingerprint density at radius 1 is 0.516 bits per heavy atom. The largest absolute Gasteiger partial charge is 1.00 e. The number of aryl methyl sites for hydroxylation is 1. The van der Waals surface area contributed by atoms with Crippen molar-refractivity contribution in [2.45, 2.75) is 20.8 Å². The third kappa shape index (κ3) is 24.8. The summed E-state index contributed by atoms with van der Waals surface area (Å²) in [6.07, 6.45) is 11.2. The average Bonchev–Trinajstić information content (AvgIpc) is 1.72. The number of carbonyl (C=O) groups is 2. The van der Waals surface area contributed by atoms with Gasteiger partial charge in [-0.15, -0.1) is 149 Å². The second kappa shape index (κ2) is 43.3. The van der Waals surface area contributed by atoms with Crippen molar-refractivity contribution in [3.05, 3.63) is 339 Å². The minimum Gasteiger partial charge on any atom is -0.512 e. The van der Waals surface area contributed by atoms with Crippen LogP contribution >= 0.6 is 0 Å². The Labute approximate surface area is 618 Å². The van der Waals surface area contributed by atoms with Gasteiger partial charge in [0, 0.05) is 130 Å². The molecule has 0 aliphatic heterocycles. The molecule has 0 fully saturated rings. The molecule has 3 radical (unpaired) electrons. The van der Waals surface area contributed by atoms with Crippen molar-refractivity contribution in [1.82, 2.24) is 39.5 Å². The number of aliphatic hydroxyl groups excluding tert-OH is 1. The molecule has 14 rings (SSSR count). The van der Waals surface area contributed by atoms with Crippen LogP contribution in [0, 0.1) is 48.9 Å². The first-order chi connectivity index (χ1) is 43.9. The molecule has 489 valence electrons. The number of fused-ring (bicyclic) bond motifs is 4. The first-order valence-corrected chi connectivity index (χ1v) is 28.0. The topological polar surface area (TPSA) is 169 Å². The van der Waals surface area contributed by atoms with Crippen molar-refractivity contribution in [1.29, 1.82) is 0 Å². The third-order valence-electron chi connectivity index (χ3n) is 12.7. The van der Waals surface area contributed by atoms with Gasteiger partial charge in [-0.05, 0) is 96.3 Å². The van der Waals surface area contributed by atoms with Crippen LogP contribution in [0.2, 0.25) is 0 Å². The number of rotatable bonds is 7. The van der Waals surface area contributed by atoms with Crippen molar-refractivity contribution < 1.29 is 130 Å². The third-order valence-corrected chi connectivity index (χ3v) is 12.7. The van der Waals surface area contributed by atoms with Gasteiger partial charge in [0.1, 0.15) is 12.0 Å². The molecule has 7 aromatic heterocycles. The van der Waals surface area contributed by atoms with Gasteiger partial charge in [0.2, 0.25) is 0 Å². The van der Waals surface area contributed by atoms with Crippen molar-refractivity contribution in [2.75, 3.05) is 0 Å². The number of aromatic nitrogens is 8. The number of nitrogens with zero attached hydrogens (tertiary/aromatic N) is 8. The molecule has 0 spiro atoms. The van der Waals surface area contributed by atoms with E-state index in [0.29, 0.717) is 5.69 Å². The van der Waals surface area contributed by atoms with Crippen LogP contribution in [0.25, 0.3) is 83.5 Å². The van der Waals surface area contributed by atoms with Crippen LogP contribution in [0.4, 0.5) is 8.78 Å². The van der Waals surface area contributed by atoms with Crippen LogP contribution in [0.3, 0.4) is 0 Å². The SMILES string of the molecule is CC(=O)C=C(C)O.Cc1c(-c2ccccc2)n2ncnc2c2[c-]cccc12.Fc1c[c-]c(-c2ccccn2)c(F)c1.O=C(O)c1ccccn1.[Ir].[Os+].[Pt].[Pt].[Rh].[c-]1ccccc1-c1ccccn1.[c-]1ccccc1-c1ccccn1.[c-]1ccccc1-c1nccc2ccccc12. The second-order valence-electron chi connectivity index (χ2n) is 19.1. The van der Waals surface area contributed by atoms with Crippen molar-refractivity contribution in [3.63, 3.8) is 0 Å². The summed E-state index contributed by atoms with van der Waals surface area (Å²) < 4.78 is 27.7. The predicted molar refractivity (Wildman–Crippen MR) is 349 cm³/mol. The normalized spacial score (nSPS) is 9.76. The summed E-state index contributed by atoms with van der Waals surface area (Å²) in [5.74, 6) is -2.34. The van der Waals surface area contributed by atoms with Crippen LogP contribution in [-0.4, -0.2) is 61.5 Å². The summed E-state index contributed by atoms with van der Waals surface area (Å²) in [5, 5.41) is 25.7. The van der Waals surface area contributed by atoms with Gasteiger partial charge in [-0.3, -0.25) is 23.1 Å². The van der Waals surface area contributed by atoms with E-state index in [4.69, 9.17) is 10.2 Å². The summed E-state index contributed by atoms with van der Waals surface area (Å²) in [7, 11) is 0. The number of carboxylic acid groups (broad SMARTS) is 1. The van der Waals surface area contributed by atoms with E-state index in [1.165, 1.54) is 53.9 Å².